The molecular weight excluding hydrogens is 363 g/mol. The summed E-state index contributed by atoms with van der Waals surface area (Å²) in [6.45, 7) is -0.312. The number of rotatable bonds is 5. The van der Waals surface area contributed by atoms with Crippen molar-refractivity contribution in [3.05, 3.63) is 34.9 Å². The summed E-state index contributed by atoms with van der Waals surface area (Å²) >= 11 is 5.61. The van der Waals surface area contributed by atoms with Gasteiger partial charge in [-0.15, -0.1) is 0 Å². The molecule has 0 fully saturated rings. The van der Waals surface area contributed by atoms with Crippen molar-refractivity contribution in [1.82, 2.24) is 14.9 Å². The van der Waals surface area contributed by atoms with Crippen LogP contribution in [0.4, 0.5) is 13.2 Å². The van der Waals surface area contributed by atoms with Crippen LogP contribution >= 0.6 is 11.6 Å². The predicted molar refractivity (Wildman–Crippen MR) is 71.3 cm³/mol. The van der Waals surface area contributed by atoms with Crippen molar-refractivity contribution in [2.75, 3.05) is 6.54 Å². The van der Waals surface area contributed by atoms with Gasteiger partial charge in [-0.2, -0.15) is 18.2 Å². The van der Waals surface area contributed by atoms with Crippen molar-refractivity contribution >= 4 is 21.6 Å². The smallest absolute Gasteiger partial charge is 0.455 e. The van der Waals surface area contributed by atoms with E-state index in [1.54, 1.807) is 0 Å². The molecule has 2 rings (SSSR count). The van der Waals surface area contributed by atoms with E-state index in [0.717, 1.165) is 6.07 Å². The molecule has 0 aliphatic heterocycles. The van der Waals surface area contributed by atoms with E-state index in [-0.39, 0.29) is 23.9 Å². The molecule has 0 bridgehead atoms. The quantitative estimate of drug-likeness (QED) is 0.832. The van der Waals surface area contributed by atoms with Gasteiger partial charge in [0.1, 0.15) is 4.90 Å². The number of phenolic OH excluding ortho intramolecular Hbond substituents is 1. The SMILES string of the molecule is O=S(=O)(NCCc1nc(C(F)(F)F)no1)c1cccc(Cl)c1O. The molecule has 0 aliphatic rings. The highest BCUT2D eigenvalue weighted by atomic mass is 35.5. The van der Waals surface area contributed by atoms with Crippen LogP contribution in [0.2, 0.25) is 5.02 Å². The van der Waals surface area contributed by atoms with Crippen LogP contribution < -0.4 is 4.72 Å². The first-order valence-corrected chi connectivity index (χ1v) is 7.84. The van der Waals surface area contributed by atoms with E-state index in [0.29, 0.717) is 0 Å². The van der Waals surface area contributed by atoms with Gasteiger partial charge in [0.25, 0.3) is 5.82 Å². The summed E-state index contributed by atoms with van der Waals surface area (Å²) in [5, 5.41) is 12.2. The van der Waals surface area contributed by atoms with E-state index in [4.69, 9.17) is 11.6 Å². The summed E-state index contributed by atoms with van der Waals surface area (Å²) in [4.78, 5) is 2.65. The molecule has 0 spiro atoms. The standard InChI is InChI=1S/C11H9ClF3N3O4S/c12-6-2-1-3-7(9(6)19)23(20,21)16-5-4-8-17-10(18-22-8)11(13,14)15/h1-3,16,19H,4-5H2. The van der Waals surface area contributed by atoms with E-state index < -0.39 is 32.7 Å². The molecule has 1 aromatic heterocycles. The Kier molecular flexibility index (Phi) is 4.82. The number of halogens is 4. The summed E-state index contributed by atoms with van der Waals surface area (Å²) < 4.78 is 67.3. The van der Waals surface area contributed by atoms with Crippen LogP contribution in [0.3, 0.4) is 0 Å². The molecule has 0 atom stereocenters. The Hall–Kier alpha value is -1.85. The molecule has 0 radical (unpaired) electrons. The summed E-state index contributed by atoms with van der Waals surface area (Å²) in [6, 6.07) is 3.75. The average molecular weight is 372 g/mol. The van der Waals surface area contributed by atoms with Crippen molar-refractivity contribution in [2.45, 2.75) is 17.5 Å². The lowest BCUT2D eigenvalue weighted by molar-refractivity contribution is -0.146. The maximum Gasteiger partial charge on any atom is 0.455 e. The molecule has 7 nitrogen and oxygen atoms in total. The van der Waals surface area contributed by atoms with E-state index in [2.05, 4.69) is 19.4 Å². The summed E-state index contributed by atoms with van der Waals surface area (Å²) in [5.74, 6) is -2.45. The average Bonchev–Trinajstić information content (AvgIpc) is 2.90. The number of aromatic nitrogens is 2. The zero-order valence-electron chi connectivity index (χ0n) is 11.1. The van der Waals surface area contributed by atoms with Gasteiger partial charge in [-0.05, 0) is 12.1 Å². The number of para-hydroxylation sites is 1. The van der Waals surface area contributed by atoms with Crippen molar-refractivity contribution in [3.8, 4) is 5.75 Å². The Labute approximate surface area is 133 Å². The molecule has 1 aromatic carbocycles. The summed E-state index contributed by atoms with van der Waals surface area (Å²) in [7, 11) is -4.10. The molecule has 0 aliphatic carbocycles. The fourth-order valence-corrected chi connectivity index (χ4v) is 2.93. The van der Waals surface area contributed by atoms with Crippen LogP contribution in [0.25, 0.3) is 0 Å². The molecule has 23 heavy (non-hydrogen) atoms. The molecule has 0 saturated heterocycles. The Morgan fingerprint density at radius 1 is 1.35 bits per heavy atom. The fraction of sp³-hybridized carbons (Fsp3) is 0.273. The molecule has 1 heterocycles. The normalized spacial score (nSPS) is 12.5. The van der Waals surface area contributed by atoms with E-state index in [9.17, 15) is 26.7 Å². The second kappa shape index (κ2) is 6.34. The van der Waals surface area contributed by atoms with Crippen molar-refractivity contribution in [3.63, 3.8) is 0 Å². The molecule has 0 amide bonds. The molecule has 2 N–H and O–H groups in total. The Bertz CT molecular complexity index is 807. The van der Waals surface area contributed by atoms with Crippen LogP contribution in [-0.2, 0) is 22.6 Å². The highest BCUT2D eigenvalue weighted by Gasteiger charge is 2.37. The lowest BCUT2D eigenvalue weighted by atomic mass is 10.3. The second-order valence-electron chi connectivity index (χ2n) is 4.24. The van der Waals surface area contributed by atoms with Gasteiger partial charge in [-0.3, -0.25) is 0 Å². The Morgan fingerprint density at radius 2 is 2.04 bits per heavy atom. The largest absolute Gasteiger partial charge is 0.505 e. The van der Waals surface area contributed by atoms with Gasteiger partial charge in [0.2, 0.25) is 15.9 Å². The minimum absolute atomic E-state index is 0.153. The van der Waals surface area contributed by atoms with Crippen LogP contribution in [-0.4, -0.2) is 30.2 Å². The highest BCUT2D eigenvalue weighted by molar-refractivity contribution is 7.89. The minimum Gasteiger partial charge on any atom is -0.505 e. The third-order valence-electron chi connectivity index (χ3n) is 2.59. The fourth-order valence-electron chi connectivity index (χ4n) is 1.55. The number of nitrogens with one attached hydrogen (secondary N) is 1. The van der Waals surface area contributed by atoms with Gasteiger partial charge >= 0.3 is 6.18 Å². The number of alkyl halides is 3. The maximum absolute atomic E-state index is 12.3. The monoisotopic (exact) mass is 371 g/mol. The molecule has 126 valence electrons. The van der Waals surface area contributed by atoms with Crippen molar-refractivity contribution in [2.24, 2.45) is 0 Å². The molecule has 2 aromatic rings. The van der Waals surface area contributed by atoms with E-state index in [1.807, 2.05) is 0 Å². The summed E-state index contributed by atoms with van der Waals surface area (Å²) in [5.41, 5.74) is 0. The lowest BCUT2D eigenvalue weighted by Gasteiger charge is -2.08. The Balaban J connectivity index is 2.03. The van der Waals surface area contributed by atoms with Crippen LogP contribution in [0.5, 0.6) is 5.75 Å². The maximum atomic E-state index is 12.3. The highest BCUT2D eigenvalue weighted by Crippen LogP contribution is 2.30. The lowest BCUT2D eigenvalue weighted by Crippen LogP contribution is -2.26. The first kappa shape index (κ1) is 17.5. The zero-order valence-corrected chi connectivity index (χ0v) is 12.7. The first-order valence-electron chi connectivity index (χ1n) is 5.98. The number of benzene rings is 1. The van der Waals surface area contributed by atoms with Crippen molar-refractivity contribution in [1.29, 1.82) is 0 Å². The van der Waals surface area contributed by atoms with E-state index >= 15 is 0 Å². The first-order chi connectivity index (χ1) is 10.6. The number of nitrogens with zero attached hydrogens (tertiary/aromatic N) is 2. The number of aromatic hydroxyl groups is 1. The predicted octanol–water partition coefficient (Wildman–Crippen LogP) is 1.97. The van der Waals surface area contributed by atoms with Gasteiger partial charge in [-0.25, -0.2) is 13.1 Å². The molecule has 12 heteroatoms. The third kappa shape index (κ3) is 4.12. The van der Waals surface area contributed by atoms with Gasteiger partial charge in [-0.1, -0.05) is 22.8 Å². The molecule has 0 unspecified atom stereocenters. The summed E-state index contributed by atoms with van der Waals surface area (Å²) in [6.07, 6.45) is -5.00. The third-order valence-corrected chi connectivity index (χ3v) is 4.39. The number of hydrogen-bond donors (Lipinski definition) is 2. The van der Waals surface area contributed by atoms with Gasteiger partial charge in [0, 0.05) is 13.0 Å². The zero-order chi connectivity index (χ0) is 17.3. The number of hydrogen-bond acceptors (Lipinski definition) is 6. The number of phenols is 1. The number of sulfonamides is 1. The topological polar surface area (TPSA) is 105 Å². The van der Waals surface area contributed by atoms with Crippen LogP contribution in [0.1, 0.15) is 11.7 Å². The van der Waals surface area contributed by atoms with E-state index in [1.165, 1.54) is 12.1 Å². The minimum atomic E-state index is -4.74. The molecule has 0 saturated carbocycles. The molecular formula is C11H9ClF3N3O4S. The second-order valence-corrected chi connectivity index (χ2v) is 6.39. The van der Waals surface area contributed by atoms with Crippen LogP contribution in [0, 0.1) is 0 Å². The van der Waals surface area contributed by atoms with Gasteiger partial charge in [0.15, 0.2) is 5.75 Å². The van der Waals surface area contributed by atoms with Crippen LogP contribution in [0.15, 0.2) is 27.6 Å². The Morgan fingerprint density at radius 3 is 2.65 bits per heavy atom. The van der Waals surface area contributed by atoms with Gasteiger partial charge < -0.3 is 9.63 Å². The van der Waals surface area contributed by atoms with Crippen molar-refractivity contribution < 1.29 is 31.2 Å². The van der Waals surface area contributed by atoms with Gasteiger partial charge in [0.05, 0.1) is 5.02 Å².